The van der Waals surface area contributed by atoms with Gasteiger partial charge in [0, 0.05) is 12.3 Å². The first-order valence-electron chi connectivity index (χ1n) is 7.43. The number of phenolic OH excluding ortho intramolecular Hbond substituents is 1. The van der Waals surface area contributed by atoms with Gasteiger partial charge in [0.1, 0.15) is 17.4 Å². The van der Waals surface area contributed by atoms with E-state index in [9.17, 15) is 20.0 Å². The number of nitro benzene ring substituents is 1. The molecule has 1 aliphatic heterocycles. The minimum atomic E-state index is -0.658. The van der Waals surface area contributed by atoms with Crippen molar-refractivity contribution in [2.24, 2.45) is 16.0 Å². The summed E-state index contributed by atoms with van der Waals surface area (Å²) in [7, 11) is 0. The summed E-state index contributed by atoms with van der Waals surface area (Å²) in [5.41, 5.74) is 1.13. The Hall–Kier alpha value is -3.55. The molecule has 1 aliphatic rings. The van der Waals surface area contributed by atoms with Crippen LogP contribution in [0.25, 0.3) is 0 Å². The SMILES string of the molecule is CC1=NN(c2ccccc2)C(=O)[C@@H]1C=Nc1ccc([N+](=O)[O-])cc1O. The molecule has 3 rings (SSSR count). The van der Waals surface area contributed by atoms with Crippen molar-refractivity contribution in [3.05, 3.63) is 58.6 Å². The smallest absolute Gasteiger partial charge is 0.273 e. The Bertz CT molecular complexity index is 893. The number of carbonyl (C=O) groups excluding carboxylic acids is 1. The third kappa shape index (κ3) is 3.23. The Morgan fingerprint density at radius 2 is 2.00 bits per heavy atom. The van der Waals surface area contributed by atoms with Crippen LogP contribution in [-0.4, -0.2) is 27.9 Å². The van der Waals surface area contributed by atoms with Gasteiger partial charge < -0.3 is 5.11 Å². The molecule has 2 aromatic carbocycles. The lowest BCUT2D eigenvalue weighted by atomic mass is 10.1. The van der Waals surface area contributed by atoms with E-state index in [0.29, 0.717) is 11.4 Å². The van der Waals surface area contributed by atoms with Crippen LogP contribution in [0.1, 0.15) is 6.92 Å². The number of non-ortho nitro benzene ring substituents is 1. The minimum absolute atomic E-state index is 0.143. The van der Waals surface area contributed by atoms with Gasteiger partial charge in [-0.15, -0.1) is 0 Å². The van der Waals surface area contributed by atoms with Crippen LogP contribution < -0.4 is 5.01 Å². The van der Waals surface area contributed by atoms with Gasteiger partial charge in [-0.1, -0.05) is 18.2 Å². The Kier molecular flexibility index (Phi) is 4.25. The zero-order valence-electron chi connectivity index (χ0n) is 13.2. The number of aliphatic imine (C=N–C) groups is 1. The maximum atomic E-state index is 12.5. The number of hydrazone groups is 1. The van der Waals surface area contributed by atoms with E-state index in [0.717, 1.165) is 6.07 Å². The molecule has 0 saturated carbocycles. The van der Waals surface area contributed by atoms with Crippen LogP contribution >= 0.6 is 0 Å². The molecule has 0 spiro atoms. The largest absolute Gasteiger partial charge is 0.505 e. The van der Waals surface area contributed by atoms with Crippen molar-refractivity contribution in [3.63, 3.8) is 0 Å². The highest BCUT2D eigenvalue weighted by Gasteiger charge is 2.33. The fraction of sp³-hybridized carbons (Fsp3) is 0.118. The molecule has 1 N–H and O–H groups in total. The van der Waals surface area contributed by atoms with Gasteiger partial charge >= 0.3 is 0 Å². The second-order valence-corrected chi connectivity index (χ2v) is 5.41. The third-order valence-corrected chi connectivity index (χ3v) is 3.72. The highest BCUT2D eigenvalue weighted by molar-refractivity contribution is 6.23. The van der Waals surface area contributed by atoms with Crippen LogP contribution in [0.4, 0.5) is 17.1 Å². The van der Waals surface area contributed by atoms with Crippen LogP contribution in [0, 0.1) is 16.0 Å². The fourth-order valence-corrected chi connectivity index (χ4v) is 2.39. The second kappa shape index (κ2) is 6.52. The number of aromatic hydroxyl groups is 1. The summed E-state index contributed by atoms with van der Waals surface area (Å²) in [4.78, 5) is 26.7. The summed E-state index contributed by atoms with van der Waals surface area (Å²) in [6.07, 6.45) is 1.38. The zero-order chi connectivity index (χ0) is 18.0. The van der Waals surface area contributed by atoms with Gasteiger partial charge in [0.25, 0.3) is 11.6 Å². The first-order chi connectivity index (χ1) is 12.0. The summed E-state index contributed by atoms with van der Waals surface area (Å²) in [5, 5.41) is 26.1. The quantitative estimate of drug-likeness (QED) is 0.525. The van der Waals surface area contributed by atoms with E-state index in [-0.39, 0.29) is 23.0 Å². The lowest BCUT2D eigenvalue weighted by Gasteiger charge is -2.12. The first-order valence-corrected chi connectivity index (χ1v) is 7.43. The van der Waals surface area contributed by atoms with E-state index >= 15 is 0 Å². The molecule has 1 amide bonds. The molecule has 0 aliphatic carbocycles. The minimum Gasteiger partial charge on any atom is -0.505 e. The average molecular weight is 338 g/mol. The molecule has 8 heteroatoms. The average Bonchev–Trinajstić information content (AvgIpc) is 2.89. The molecule has 126 valence electrons. The van der Waals surface area contributed by atoms with Gasteiger partial charge in [0.05, 0.1) is 22.4 Å². The number of nitrogens with zero attached hydrogens (tertiary/aromatic N) is 4. The number of amides is 1. The number of phenols is 1. The van der Waals surface area contributed by atoms with E-state index in [1.54, 1.807) is 19.1 Å². The summed E-state index contributed by atoms with van der Waals surface area (Å²) in [6, 6.07) is 12.6. The van der Waals surface area contributed by atoms with Crippen molar-refractivity contribution in [1.29, 1.82) is 0 Å². The third-order valence-electron chi connectivity index (χ3n) is 3.72. The standard InChI is InChI=1S/C17H14N4O4/c1-11-14(17(23)20(19-11)12-5-3-2-4-6-12)10-18-15-8-7-13(21(24)25)9-16(15)22/h2-10,14,22H,1H3/t14-/m1/s1. The summed E-state index contributed by atoms with van der Waals surface area (Å²) >= 11 is 0. The van der Waals surface area contributed by atoms with Gasteiger partial charge in [0.2, 0.25) is 0 Å². The molecule has 0 saturated heterocycles. The molecule has 8 nitrogen and oxygen atoms in total. The predicted octanol–water partition coefficient (Wildman–Crippen LogP) is 3.04. The van der Waals surface area contributed by atoms with Gasteiger partial charge in [-0.05, 0) is 25.1 Å². The van der Waals surface area contributed by atoms with Crippen LogP contribution in [0.5, 0.6) is 5.75 Å². The summed E-state index contributed by atoms with van der Waals surface area (Å²) in [6.45, 7) is 1.72. The number of benzene rings is 2. The molecule has 25 heavy (non-hydrogen) atoms. The Labute approximate surface area is 142 Å². The predicted molar refractivity (Wildman–Crippen MR) is 93.4 cm³/mol. The second-order valence-electron chi connectivity index (χ2n) is 5.41. The highest BCUT2D eigenvalue weighted by atomic mass is 16.6. The molecule has 0 aromatic heterocycles. The number of hydrogen-bond donors (Lipinski definition) is 1. The van der Waals surface area contributed by atoms with Gasteiger partial charge in [-0.2, -0.15) is 10.1 Å². The fourth-order valence-electron chi connectivity index (χ4n) is 2.39. The van der Waals surface area contributed by atoms with Gasteiger partial charge in [-0.25, -0.2) is 0 Å². The number of carbonyl (C=O) groups is 1. The van der Waals surface area contributed by atoms with Crippen molar-refractivity contribution in [2.45, 2.75) is 6.92 Å². The number of nitro groups is 1. The lowest BCUT2D eigenvalue weighted by molar-refractivity contribution is -0.384. The van der Waals surface area contributed by atoms with Crippen LogP contribution in [0.15, 0.2) is 58.6 Å². The van der Waals surface area contributed by atoms with E-state index in [1.807, 2.05) is 18.2 Å². The molecule has 1 heterocycles. The van der Waals surface area contributed by atoms with Gasteiger partial charge in [-0.3, -0.25) is 19.9 Å². The van der Waals surface area contributed by atoms with Crippen LogP contribution in [0.3, 0.4) is 0 Å². The Balaban J connectivity index is 1.82. The van der Waals surface area contributed by atoms with Crippen molar-refractivity contribution >= 4 is 34.9 Å². The van der Waals surface area contributed by atoms with Crippen LogP contribution in [-0.2, 0) is 4.79 Å². The molecular formula is C17H14N4O4. The van der Waals surface area contributed by atoms with Crippen LogP contribution in [0.2, 0.25) is 0 Å². The molecular weight excluding hydrogens is 324 g/mol. The molecule has 0 bridgehead atoms. The molecule has 2 aromatic rings. The topological polar surface area (TPSA) is 108 Å². The summed E-state index contributed by atoms with van der Waals surface area (Å²) < 4.78 is 0. The van der Waals surface area contributed by atoms with Gasteiger partial charge in [0.15, 0.2) is 0 Å². The van der Waals surface area contributed by atoms with E-state index < -0.39 is 10.8 Å². The van der Waals surface area contributed by atoms with Crippen molar-refractivity contribution in [2.75, 3.05) is 5.01 Å². The maximum absolute atomic E-state index is 12.5. The normalized spacial score (nSPS) is 17.2. The maximum Gasteiger partial charge on any atom is 0.273 e. The monoisotopic (exact) mass is 338 g/mol. The molecule has 0 radical (unpaired) electrons. The highest BCUT2D eigenvalue weighted by Crippen LogP contribution is 2.31. The van der Waals surface area contributed by atoms with Crippen molar-refractivity contribution in [1.82, 2.24) is 0 Å². The number of para-hydroxylation sites is 1. The lowest BCUT2D eigenvalue weighted by Crippen LogP contribution is -2.27. The van der Waals surface area contributed by atoms with Crippen molar-refractivity contribution < 1.29 is 14.8 Å². The zero-order valence-corrected chi connectivity index (χ0v) is 13.2. The number of anilines is 1. The first kappa shape index (κ1) is 16.3. The molecule has 0 fully saturated rings. The Morgan fingerprint density at radius 1 is 1.28 bits per heavy atom. The van der Waals surface area contributed by atoms with Crippen molar-refractivity contribution in [3.8, 4) is 5.75 Å². The molecule has 1 atom stereocenters. The van der Waals surface area contributed by atoms with E-state index in [1.165, 1.54) is 23.4 Å². The number of rotatable bonds is 4. The van der Waals surface area contributed by atoms with E-state index in [4.69, 9.17) is 0 Å². The van der Waals surface area contributed by atoms with E-state index in [2.05, 4.69) is 10.1 Å². The summed E-state index contributed by atoms with van der Waals surface area (Å²) in [5.74, 6) is -1.24. The molecule has 0 unspecified atom stereocenters. The Morgan fingerprint density at radius 3 is 2.64 bits per heavy atom. The number of hydrogen-bond acceptors (Lipinski definition) is 6.